The van der Waals surface area contributed by atoms with Gasteiger partial charge in [0.25, 0.3) is 0 Å². The van der Waals surface area contributed by atoms with Crippen LogP contribution in [0.4, 0.5) is 5.69 Å². The molecular weight excluding hydrogens is 258 g/mol. The number of fused-ring (bicyclic) bond motifs is 1. The van der Waals surface area contributed by atoms with Crippen LogP contribution in [-0.2, 0) is 0 Å². The van der Waals surface area contributed by atoms with E-state index < -0.39 is 0 Å². The second-order valence-electron chi connectivity index (χ2n) is 5.17. The van der Waals surface area contributed by atoms with Gasteiger partial charge in [0.2, 0.25) is 0 Å². The van der Waals surface area contributed by atoms with Crippen LogP contribution in [0, 0.1) is 0 Å². The zero-order valence-electron chi connectivity index (χ0n) is 12.3. The van der Waals surface area contributed by atoms with E-state index in [1.165, 1.54) is 16.3 Å². The highest BCUT2D eigenvalue weighted by Gasteiger charge is 2.09. The second kappa shape index (κ2) is 5.88. The summed E-state index contributed by atoms with van der Waals surface area (Å²) in [5.41, 5.74) is 2.37. The maximum absolute atomic E-state index is 5.27. The largest absolute Gasteiger partial charge is 0.497 e. The van der Waals surface area contributed by atoms with Crippen molar-refractivity contribution in [3.05, 3.63) is 72.3 Å². The fourth-order valence-electron chi connectivity index (χ4n) is 2.67. The van der Waals surface area contributed by atoms with Gasteiger partial charge in [-0.3, -0.25) is 0 Å². The SMILES string of the molecule is COc1cccc(NC(C)c2cccc3ccccc23)c1. The molecular formula is C19H19NO. The Morgan fingerprint density at radius 2 is 1.67 bits per heavy atom. The minimum atomic E-state index is 0.225. The summed E-state index contributed by atoms with van der Waals surface area (Å²) < 4.78 is 5.27. The van der Waals surface area contributed by atoms with E-state index in [1.807, 2.05) is 18.2 Å². The van der Waals surface area contributed by atoms with E-state index in [2.05, 4.69) is 60.8 Å². The Balaban J connectivity index is 1.91. The van der Waals surface area contributed by atoms with Gasteiger partial charge in [-0.2, -0.15) is 0 Å². The van der Waals surface area contributed by atoms with Crippen LogP contribution in [0.1, 0.15) is 18.5 Å². The molecule has 0 aliphatic carbocycles. The van der Waals surface area contributed by atoms with Gasteiger partial charge in [0.15, 0.2) is 0 Å². The van der Waals surface area contributed by atoms with Crippen LogP contribution in [0.5, 0.6) is 5.75 Å². The maximum atomic E-state index is 5.27. The highest BCUT2D eigenvalue weighted by Crippen LogP contribution is 2.27. The van der Waals surface area contributed by atoms with Gasteiger partial charge in [-0.05, 0) is 35.4 Å². The van der Waals surface area contributed by atoms with Crippen molar-refractivity contribution >= 4 is 16.5 Å². The normalized spacial score (nSPS) is 12.1. The van der Waals surface area contributed by atoms with Crippen LogP contribution in [0.15, 0.2) is 66.7 Å². The Bertz CT molecular complexity index is 746. The van der Waals surface area contributed by atoms with E-state index >= 15 is 0 Å². The molecule has 2 heteroatoms. The quantitative estimate of drug-likeness (QED) is 0.723. The Labute approximate surface area is 125 Å². The molecule has 0 fully saturated rings. The fraction of sp³-hybridized carbons (Fsp3) is 0.158. The molecule has 0 saturated carbocycles. The molecule has 0 aliphatic heterocycles. The van der Waals surface area contributed by atoms with Gasteiger partial charge in [0.05, 0.1) is 7.11 Å². The smallest absolute Gasteiger partial charge is 0.120 e. The lowest BCUT2D eigenvalue weighted by Crippen LogP contribution is -2.07. The van der Waals surface area contributed by atoms with Gasteiger partial charge >= 0.3 is 0 Å². The summed E-state index contributed by atoms with van der Waals surface area (Å²) >= 11 is 0. The van der Waals surface area contributed by atoms with E-state index in [0.717, 1.165) is 11.4 Å². The first-order chi connectivity index (χ1) is 10.3. The number of ether oxygens (including phenoxy) is 1. The average molecular weight is 277 g/mol. The molecule has 1 N–H and O–H groups in total. The summed E-state index contributed by atoms with van der Waals surface area (Å²) in [6.45, 7) is 2.18. The molecule has 0 amide bonds. The molecule has 1 atom stereocenters. The van der Waals surface area contributed by atoms with Gasteiger partial charge in [0.1, 0.15) is 5.75 Å². The molecule has 0 aromatic heterocycles. The van der Waals surface area contributed by atoms with Crippen LogP contribution in [0.3, 0.4) is 0 Å². The summed E-state index contributed by atoms with van der Waals surface area (Å²) in [6.07, 6.45) is 0. The number of hydrogen-bond donors (Lipinski definition) is 1. The monoisotopic (exact) mass is 277 g/mol. The third-order valence-corrected chi connectivity index (χ3v) is 3.74. The van der Waals surface area contributed by atoms with E-state index in [1.54, 1.807) is 7.11 Å². The number of hydrogen-bond acceptors (Lipinski definition) is 2. The summed E-state index contributed by atoms with van der Waals surface area (Å²) in [6, 6.07) is 23.2. The summed E-state index contributed by atoms with van der Waals surface area (Å²) in [5, 5.41) is 6.11. The zero-order valence-corrected chi connectivity index (χ0v) is 12.3. The average Bonchev–Trinajstić information content (AvgIpc) is 2.54. The Morgan fingerprint density at radius 3 is 2.52 bits per heavy atom. The topological polar surface area (TPSA) is 21.3 Å². The van der Waals surface area contributed by atoms with Crippen molar-refractivity contribution in [2.24, 2.45) is 0 Å². The highest BCUT2D eigenvalue weighted by molar-refractivity contribution is 5.86. The molecule has 0 aliphatic rings. The van der Waals surface area contributed by atoms with Gasteiger partial charge in [-0.15, -0.1) is 0 Å². The van der Waals surface area contributed by atoms with E-state index in [-0.39, 0.29) is 6.04 Å². The van der Waals surface area contributed by atoms with Gasteiger partial charge in [0, 0.05) is 17.8 Å². The van der Waals surface area contributed by atoms with Crippen molar-refractivity contribution in [3.63, 3.8) is 0 Å². The first-order valence-corrected chi connectivity index (χ1v) is 7.16. The molecule has 21 heavy (non-hydrogen) atoms. The van der Waals surface area contributed by atoms with E-state index in [0.29, 0.717) is 0 Å². The van der Waals surface area contributed by atoms with Crippen molar-refractivity contribution in [2.75, 3.05) is 12.4 Å². The second-order valence-corrected chi connectivity index (χ2v) is 5.17. The maximum Gasteiger partial charge on any atom is 0.120 e. The highest BCUT2D eigenvalue weighted by atomic mass is 16.5. The lowest BCUT2D eigenvalue weighted by atomic mass is 9.99. The number of anilines is 1. The predicted octanol–water partition coefficient (Wildman–Crippen LogP) is 5.02. The van der Waals surface area contributed by atoms with Crippen molar-refractivity contribution < 1.29 is 4.74 Å². The molecule has 0 heterocycles. The number of nitrogens with one attached hydrogen (secondary N) is 1. The van der Waals surface area contributed by atoms with Gasteiger partial charge in [-0.25, -0.2) is 0 Å². The van der Waals surface area contributed by atoms with Crippen LogP contribution in [0.2, 0.25) is 0 Å². The molecule has 0 spiro atoms. The first kappa shape index (κ1) is 13.5. The Kier molecular flexibility index (Phi) is 3.78. The molecule has 106 valence electrons. The van der Waals surface area contributed by atoms with Crippen LogP contribution < -0.4 is 10.1 Å². The molecule has 3 rings (SSSR count). The van der Waals surface area contributed by atoms with Gasteiger partial charge in [-0.1, -0.05) is 48.5 Å². The van der Waals surface area contributed by atoms with Crippen molar-refractivity contribution in [3.8, 4) is 5.75 Å². The molecule has 3 aromatic carbocycles. The minimum Gasteiger partial charge on any atom is -0.497 e. The summed E-state index contributed by atoms with van der Waals surface area (Å²) in [4.78, 5) is 0. The molecule has 2 nitrogen and oxygen atoms in total. The van der Waals surface area contributed by atoms with Gasteiger partial charge < -0.3 is 10.1 Å². The third-order valence-electron chi connectivity index (χ3n) is 3.74. The molecule has 0 radical (unpaired) electrons. The number of benzene rings is 3. The fourth-order valence-corrected chi connectivity index (χ4v) is 2.67. The van der Waals surface area contributed by atoms with Crippen molar-refractivity contribution in [1.29, 1.82) is 0 Å². The summed E-state index contributed by atoms with van der Waals surface area (Å²) in [7, 11) is 1.69. The van der Waals surface area contributed by atoms with Crippen LogP contribution >= 0.6 is 0 Å². The number of rotatable bonds is 4. The Hall–Kier alpha value is -2.48. The number of methoxy groups -OCH3 is 1. The standard InChI is InChI=1S/C19H19NO/c1-14(20-16-9-6-10-17(13-16)21-2)18-12-5-8-15-7-3-4-11-19(15)18/h3-14,20H,1-2H3. The molecule has 0 saturated heterocycles. The van der Waals surface area contributed by atoms with Crippen LogP contribution in [0.25, 0.3) is 10.8 Å². The molecule has 0 bridgehead atoms. The Morgan fingerprint density at radius 1 is 0.905 bits per heavy atom. The molecule has 3 aromatic rings. The molecule has 1 unspecified atom stereocenters. The minimum absolute atomic E-state index is 0.225. The van der Waals surface area contributed by atoms with E-state index in [9.17, 15) is 0 Å². The first-order valence-electron chi connectivity index (χ1n) is 7.16. The van der Waals surface area contributed by atoms with E-state index in [4.69, 9.17) is 4.74 Å². The van der Waals surface area contributed by atoms with Crippen molar-refractivity contribution in [1.82, 2.24) is 0 Å². The third kappa shape index (κ3) is 2.84. The van der Waals surface area contributed by atoms with Crippen molar-refractivity contribution in [2.45, 2.75) is 13.0 Å². The summed E-state index contributed by atoms with van der Waals surface area (Å²) in [5.74, 6) is 0.866. The lowest BCUT2D eigenvalue weighted by Gasteiger charge is -2.18. The lowest BCUT2D eigenvalue weighted by molar-refractivity contribution is 0.415. The van der Waals surface area contributed by atoms with Crippen LogP contribution in [-0.4, -0.2) is 7.11 Å². The zero-order chi connectivity index (χ0) is 14.7. The predicted molar refractivity (Wildman–Crippen MR) is 89.0 cm³/mol.